The van der Waals surface area contributed by atoms with Crippen molar-refractivity contribution in [2.45, 2.75) is 77.6 Å². The van der Waals surface area contributed by atoms with E-state index >= 15 is 0 Å². The van der Waals surface area contributed by atoms with Gasteiger partial charge in [-0.25, -0.2) is 0 Å². The second kappa shape index (κ2) is 9.25. The molecule has 0 aromatic rings. The van der Waals surface area contributed by atoms with Crippen LogP contribution in [0.1, 0.15) is 53.4 Å². The summed E-state index contributed by atoms with van der Waals surface area (Å²) < 4.78 is 11.0. The smallest absolute Gasteiger partial charge is 0.313 e. The molecule has 1 atom stereocenters. The summed E-state index contributed by atoms with van der Waals surface area (Å²) in [4.78, 5) is 23.0. The van der Waals surface area contributed by atoms with Crippen LogP contribution in [0.5, 0.6) is 0 Å². The van der Waals surface area contributed by atoms with E-state index < -0.39 is 14.3 Å². The van der Waals surface area contributed by atoms with Crippen molar-refractivity contribution in [3.8, 4) is 0 Å². The predicted molar refractivity (Wildman–Crippen MR) is 92.4 cm³/mol. The molecule has 0 fully saturated rings. The van der Waals surface area contributed by atoms with Gasteiger partial charge in [0.2, 0.25) is 0 Å². The molecule has 0 heterocycles. The van der Waals surface area contributed by atoms with Crippen LogP contribution in [-0.2, 0) is 18.8 Å². The third-order valence-corrected chi connectivity index (χ3v) is 8.68. The van der Waals surface area contributed by atoms with Gasteiger partial charge in [-0.2, -0.15) is 0 Å². The van der Waals surface area contributed by atoms with Gasteiger partial charge >= 0.3 is 5.97 Å². The average Bonchev–Trinajstić information content (AvgIpc) is 2.34. The summed E-state index contributed by atoms with van der Waals surface area (Å²) in [7, 11) is -1.75. The number of hydrogen-bond acceptors (Lipinski definition) is 4. The Labute approximate surface area is 136 Å². The highest BCUT2D eigenvalue weighted by Gasteiger charge is 2.38. The van der Waals surface area contributed by atoms with Crippen LogP contribution in [0.3, 0.4) is 0 Å². The maximum Gasteiger partial charge on any atom is 0.313 e. The van der Waals surface area contributed by atoms with E-state index in [4.69, 9.17) is 9.16 Å². The molecular weight excluding hydrogens is 296 g/mol. The second-order valence-electron chi connectivity index (χ2n) is 7.27. The van der Waals surface area contributed by atoms with Gasteiger partial charge in [-0.1, -0.05) is 33.4 Å². The van der Waals surface area contributed by atoms with E-state index in [-0.39, 0.29) is 30.0 Å². The SMILES string of the molecule is C=CCOC(=O)CC(=O)CCCC(C)O[Si](C)(C)C(C)(C)C. The number of carbonyl (C=O) groups excluding carboxylic acids is 2. The van der Waals surface area contributed by atoms with Crippen molar-refractivity contribution in [2.24, 2.45) is 0 Å². The fourth-order valence-corrected chi connectivity index (χ4v) is 3.25. The Balaban J connectivity index is 4.02. The largest absolute Gasteiger partial charge is 0.461 e. The zero-order valence-corrected chi connectivity index (χ0v) is 16.0. The molecule has 22 heavy (non-hydrogen) atoms. The first-order valence-corrected chi connectivity index (χ1v) is 10.9. The molecule has 0 N–H and O–H groups in total. The third kappa shape index (κ3) is 8.49. The number of ketones is 1. The second-order valence-corrected chi connectivity index (χ2v) is 12.0. The topological polar surface area (TPSA) is 52.6 Å². The number of hydrogen-bond donors (Lipinski definition) is 0. The lowest BCUT2D eigenvalue weighted by atomic mass is 10.1. The van der Waals surface area contributed by atoms with Crippen LogP contribution in [0.25, 0.3) is 0 Å². The fourth-order valence-electron chi connectivity index (χ4n) is 1.78. The molecule has 0 saturated heterocycles. The normalized spacial score (nSPS) is 13.5. The van der Waals surface area contributed by atoms with Gasteiger partial charge in [0.15, 0.2) is 8.32 Å². The van der Waals surface area contributed by atoms with E-state index in [0.29, 0.717) is 6.42 Å². The minimum atomic E-state index is -1.75. The van der Waals surface area contributed by atoms with E-state index in [1.165, 1.54) is 6.08 Å². The van der Waals surface area contributed by atoms with Crippen LogP contribution in [0, 0.1) is 0 Å². The van der Waals surface area contributed by atoms with E-state index in [2.05, 4.69) is 47.4 Å². The highest BCUT2D eigenvalue weighted by Crippen LogP contribution is 2.37. The zero-order valence-electron chi connectivity index (χ0n) is 15.0. The van der Waals surface area contributed by atoms with Gasteiger partial charge < -0.3 is 9.16 Å². The highest BCUT2D eigenvalue weighted by molar-refractivity contribution is 6.74. The molecule has 0 bridgehead atoms. The van der Waals surface area contributed by atoms with Gasteiger partial charge in [0.1, 0.15) is 18.8 Å². The summed E-state index contributed by atoms with van der Waals surface area (Å²) in [6.45, 7) is 16.8. The van der Waals surface area contributed by atoms with Crippen LogP contribution in [0.15, 0.2) is 12.7 Å². The first kappa shape index (κ1) is 21.1. The van der Waals surface area contributed by atoms with Gasteiger partial charge in [0.05, 0.1) is 0 Å². The van der Waals surface area contributed by atoms with Crippen molar-refractivity contribution < 1.29 is 18.8 Å². The summed E-state index contributed by atoms with van der Waals surface area (Å²) in [5.41, 5.74) is 0. The lowest BCUT2D eigenvalue weighted by Gasteiger charge is -2.38. The molecule has 1 unspecified atom stereocenters. The van der Waals surface area contributed by atoms with Crippen molar-refractivity contribution in [2.75, 3.05) is 6.61 Å². The molecule has 4 nitrogen and oxygen atoms in total. The molecule has 0 spiro atoms. The fraction of sp³-hybridized carbons (Fsp3) is 0.765. The molecule has 5 heteroatoms. The monoisotopic (exact) mass is 328 g/mol. The third-order valence-electron chi connectivity index (χ3n) is 4.07. The minimum Gasteiger partial charge on any atom is -0.461 e. The summed E-state index contributed by atoms with van der Waals surface area (Å²) >= 11 is 0. The molecule has 0 amide bonds. The molecule has 0 aromatic carbocycles. The van der Waals surface area contributed by atoms with E-state index in [9.17, 15) is 9.59 Å². The molecule has 0 aliphatic heterocycles. The van der Waals surface area contributed by atoms with Gasteiger partial charge in [0, 0.05) is 12.5 Å². The average molecular weight is 329 g/mol. The molecule has 128 valence electrons. The Bertz CT molecular complexity index is 383. The Morgan fingerprint density at radius 1 is 1.27 bits per heavy atom. The minimum absolute atomic E-state index is 0.0754. The molecule has 0 aliphatic rings. The van der Waals surface area contributed by atoms with Gasteiger partial charge in [-0.3, -0.25) is 9.59 Å². The number of esters is 1. The number of ether oxygens (including phenoxy) is 1. The zero-order chi connectivity index (χ0) is 17.4. The van der Waals surface area contributed by atoms with Crippen molar-refractivity contribution in [3.63, 3.8) is 0 Å². The maximum atomic E-state index is 11.7. The van der Waals surface area contributed by atoms with Crippen LogP contribution in [0.4, 0.5) is 0 Å². The summed E-state index contributed by atoms with van der Waals surface area (Å²) in [5.74, 6) is -0.552. The molecule has 0 saturated carbocycles. The highest BCUT2D eigenvalue weighted by atomic mass is 28.4. The van der Waals surface area contributed by atoms with E-state index in [1.807, 2.05) is 0 Å². The quantitative estimate of drug-likeness (QED) is 0.260. The summed E-state index contributed by atoms with van der Waals surface area (Å²) in [6.07, 6.45) is 3.45. The molecule has 0 rings (SSSR count). The van der Waals surface area contributed by atoms with Crippen LogP contribution < -0.4 is 0 Å². The van der Waals surface area contributed by atoms with Crippen LogP contribution >= 0.6 is 0 Å². The summed E-state index contributed by atoms with van der Waals surface area (Å²) in [6, 6.07) is 0. The lowest BCUT2D eigenvalue weighted by Crippen LogP contribution is -2.43. The first-order chi connectivity index (χ1) is 9.99. The van der Waals surface area contributed by atoms with Crippen molar-refractivity contribution in [1.82, 2.24) is 0 Å². The maximum absolute atomic E-state index is 11.7. The van der Waals surface area contributed by atoms with Crippen molar-refractivity contribution in [1.29, 1.82) is 0 Å². The molecule has 0 aliphatic carbocycles. The van der Waals surface area contributed by atoms with Crippen LogP contribution in [-0.4, -0.2) is 32.8 Å². The number of carbonyl (C=O) groups is 2. The van der Waals surface area contributed by atoms with Gasteiger partial charge in [-0.15, -0.1) is 0 Å². The lowest BCUT2D eigenvalue weighted by molar-refractivity contribution is -0.144. The molecule has 0 aromatic heterocycles. The standard InChI is InChI=1S/C17H32O4Si/c1-8-12-20-16(19)13-15(18)11-9-10-14(2)21-22(6,7)17(3,4)5/h8,14H,1,9-13H2,2-7H3. The number of Topliss-reactive ketones (excluding diaryl/α,β-unsaturated/α-hetero) is 1. The van der Waals surface area contributed by atoms with Gasteiger partial charge in [-0.05, 0) is 37.9 Å². The Kier molecular flexibility index (Phi) is 8.86. The molecular formula is C17H32O4Si. The van der Waals surface area contributed by atoms with E-state index in [0.717, 1.165) is 12.8 Å². The van der Waals surface area contributed by atoms with Crippen LogP contribution in [0.2, 0.25) is 18.1 Å². The first-order valence-electron chi connectivity index (χ1n) is 7.95. The summed E-state index contributed by atoms with van der Waals surface area (Å²) in [5, 5.41) is 0.186. The molecule has 0 radical (unpaired) electrons. The Morgan fingerprint density at radius 2 is 1.86 bits per heavy atom. The van der Waals surface area contributed by atoms with Crippen molar-refractivity contribution in [3.05, 3.63) is 12.7 Å². The van der Waals surface area contributed by atoms with Crippen molar-refractivity contribution >= 4 is 20.1 Å². The van der Waals surface area contributed by atoms with E-state index in [1.54, 1.807) is 0 Å². The van der Waals surface area contributed by atoms with Gasteiger partial charge in [0.25, 0.3) is 0 Å². The number of rotatable bonds is 10. The Hall–Kier alpha value is -0.943. The predicted octanol–water partition coefficient (Wildman–Crippen LogP) is 4.26. The Morgan fingerprint density at radius 3 is 2.36 bits per heavy atom.